The van der Waals surface area contributed by atoms with Gasteiger partial charge in [-0.1, -0.05) is 11.6 Å². The Morgan fingerprint density at radius 2 is 1.94 bits per heavy atom. The number of rotatable bonds is 4. The molecule has 3 aromatic rings. The lowest BCUT2D eigenvalue weighted by molar-refractivity contribution is 0.435. The van der Waals surface area contributed by atoms with Crippen LogP contribution in [0, 0.1) is 30.7 Å². The lowest BCUT2D eigenvalue weighted by atomic mass is 10.0. The van der Waals surface area contributed by atoms with Crippen LogP contribution in [0.2, 0.25) is 5.02 Å². The molecule has 34 heavy (non-hydrogen) atoms. The normalized spacial score (nSPS) is 22.3. The highest BCUT2D eigenvalue weighted by atomic mass is 35.5. The molecule has 1 fully saturated rings. The maximum absolute atomic E-state index is 14.8. The van der Waals surface area contributed by atoms with E-state index in [1.54, 1.807) is 30.5 Å². The molecule has 0 amide bonds. The van der Waals surface area contributed by atoms with Crippen LogP contribution in [-0.4, -0.2) is 18.1 Å². The molecule has 2 atom stereocenters. The minimum atomic E-state index is -0.754. The number of allylic oxidation sites excluding steroid dienone is 2. The molecule has 1 saturated heterocycles. The van der Waals surface area contributed by atoms with Crippen molar-refractivity contribution in [2.24, 2.45) is 0 Å². The molecule has 1 aromatic heterocycles. The first-order valence-corrected chi connectivity index (χ1v) is 11.6. The fraction of sp³-hybridized carbons (Fsp3) is 0.269. The number of hydrogen-bond donors (Lipinski definition) is 1. The Bertz CT molecular complexity index is 1300. The largest absolute Gasteiger partial charge is 0.622 e. The number of hydrogen-bond acceptors (Lipinski definition) is 4. The molecule has 0 saturated carbocycles. The Balaban J connectivity index is 1.66. The quantitative estimate of drug-likeness (QED) is 0.330. The SMILES string of the molecule is Cc1cc(Cl)cc(C)c1[N+]1([O-])C=C(c2nc(C3CCCN3)oc2-c2ccc(F)cc2F)C=CC1. The van der Waals surface area contributed by atoms with Gasteiger partial charge in [0.25, 0.3) is 0 Å². The van der Waals surface area contributed by atoms with Crippen LogP contribution < -0.4 is 9.96 Å². The molecule has 1 N–H and O–H groups in total. The van der Waals surface area contributed by atoms with Gasteiger partial charge in [-0.15, -0.1) is 0 Å². The van der Waals surface area contributed by atoms with E-state index in [9.17, 15) is 14.0 Å². The molecule has 2 aliphatic rings. The second-order valence-corrected chi connectivity index (χ2v) is 9.29. The lowest BCUT2D eigenvalue weighted by Crippen LogP contribution is -2.40. The van der Waals surface area contributed by atoms with Gasteiger partial charge in [0, 0.05) is 22.2 Å². The number of aromatic nitrogens is 1. The molecule has 2 unspecified atom stereocenters. The van der Waals surface area contributed by atoms with Crippen molar-refractivity contribution in [2.45, 2.75) is 32.7 Å². The third kappa shape index (κ3) is 4.09. The van der Waals surface area contributed by atoms with Gasteiger partial charge in [0.05, 0.1) is 17.2 Å². The van der Waals surface area contributed by atoms with E-state index in [0.29, 0.717) is 27.9 Å². The number of hydroxylamine groups is 2. The topological polar surface area (TPSA) is 61.1 Å². The van der Waals surface area contributed by atoms with Crippen LogP contribution in [-0.2, 0) is 0 Å². The summed E-state index contributed by atoms with van der Waals surface area (Å²) in [4.78, 5) is 4.69. The summed E-state index contributed by atoms with van der Waals surface area (Å²) in [6, 6.07) is 6.77. The molecule has 8 heteroatoms. The van der Waals surface area contributed by atoms with Gasteiger partial charge in [0.15, 0.2) is 5.76 Å². The maximum Gasteiger partial charge on any atom is 0.212 e. The van der Waals surface area contributed by atoms with Crippen LogP contribution in [0.25, 0.3) is 16.9 Å². The molecule has 2 aliphatic heterocycles. The van der Waals surface area contributed by atoms with Crippen molar-refractivity contribution in [2.75, 3.05) is 13.1 Å². The van der Waals surface area contributed by atoms with E-state index in [-0.39, 0.29) is 23.9 Å². The smallest absolute Gasteiger partial charge is 0.212 e. The van der Waals surface area contributed by atoms with E-state index in [1.807, 2.05) is 13.8 Å². The third-order valence-corrected chi connectivity index (χ3v) is 6.53. The Kier molecular flexibility index (Phi) is 5.90. The van der Waals surface area contributed by atoms with Crippen LogP contribution in [0.15, 0.2) is 53.1 Å². The number of quaternary nitrogens is 1. The van der Waals surface area contributed by atoms with Gasteiger partial charge >= 0.3 is 0 Å². The van der Waals surface area contributed by atoms with Crippen molar-refractivity contribution >= 4 is 22.9 Å². The predicted octanol–water partition coefficient (Wildman–Crippen LogP) is 6.73. The molecular formula is C26H24ClF2N3O2. The van der Waals surface area contributed by atoms with E-state index in [4.69, 9.17) is 21.0 Å². The number of aryl methyl sites for hydroxylation is 2. The maximum atomic E-state index is 14.8. The van der Waals surface area contributed by atoms with E-state index >= 15 is 0 Å². The molecule has 5 rings (SSSR count). The second kappa shape index (κ2) is 8.74. The monoisotopic (exact) mass is 483 g/mol. The van der Waals surface area contributed by atoms with E-state index in [1.165, 1.54) is 12.1 Å². The van der Waals surface area contributed by atoms with Crippen molar-refractivity contribution in [3.8, 4) is 11.3 Å². The first-order valence-electron chi connectivity index (χ1n) is 11.2. The summed E-state index contributed by atoms with van der Waals surface area (Å²) in [5.41, 5.74) is 3.13. The number of nitrogens with zero attached hydrogens (tertiary/aromatic N) is 2. The van der Waals surface area contributed by atoms with Crippen molar-refractivity contribution in [3.05, 3.63) is 93.3 Å². The first-order chi connectivity index (χ1) is 16.2. The van der Waals surface area contributed by atoms with Crippen LogP contribution in [0.4, 0.5) is 14.5 Å². The highest BCUT2D eigenvalue weighted by Gasteiger charge is 2.31. The molecule has 0 bridgehead atoms. The van der Waals surface area contributed by atoms with Crippen LogP contribution in [0.5, 0.6) is 0 Å². The zero-order valence-electron chi connectivity index (χ0n) is 18.9. The summed E-state index contributed by atoms with van der Waals surface area (Å²) in [6.07, 6.45) is 6.95. The zero-order chi connectivity index (χ0) is 24.0. The van der Waals surface area contributed by atoms with Crippen molar-refractivity contribution in [1.82, 2.24) is 14.9 Å². The number of benzene rings is 2. The van der Waals surface area contributed by atoms with Gasteiger partial charge in [-0.25, -0.2) is 13.8 Å². The Morgan fingerprint density at radius 3 is 2.62 bits per heavy atom. The van der Waals surface area contributed by atoms with Crippen LogP contribution in [0.1, 0.15) is 41.6 Å². The number of nitrogens with one attached hydrogen (secondary N) is 1. The van der Waals surface area contributed by atoms with Gasteiger partial charge in [-0.2, -0.15) is 0 Å². The fourth-order valence-corrected chi connectivity index (χ4v) is 5.21. The minimum absolute atomic E-state index is 0.0934. The predicted molar refractivity (Wildman–Crippen MR) is 130 cm³/mol. The molecule has 0 aliphatic carbocycles. The fourth-order valence-electron chi connectivity index (χ4n) is 4.89. The van der Waals surface area contributed by atoms with Crippen molar-refractivity contribution in [3.63, 3.8) is 0 Å². The molecule has 2 aromatic carbocycles. The zero-order valence-corrected chi connectivity index (χ0v) is 19.6. The summed E-state index contributed by atoms with van der Waals surface area (Å²) in [6.45, 7) is 4.75. The van der Waals surface area contributed by atoms with E-state index in [2.05, 4.69) is 5.32 Å². The number of halogens is 3. The second-order valence-electron chi connectivity index (χ2n) is 8.86. The van der Waals surface area contributed by atoms with Gasteiger partial charge < -0.3 is 14.9 Å². The summed E-state index contributed by atoms with van der Waals surface area (Å²) >= 11 is 6.18. The van der Waals surface area contributed by atoms with Gasteiger partial charge in [-0.3, -0.25) is 4.65 Å². The van der Waals surface area contributed by atoms with Crippen molar-refractivity contribution in [1.29, 1.82) is 0 Å². The molecular weight excluding hydrogens is 460 g/mol. The van der Waals surface area contributed by atoms with Gasteiger partial charge in [0.1, 0.15) is 35.8 Å². The Labute approximate surface area is 201 Å². The first kappa shape index (κ1) is 22.9. The van der Waals surface area contributed by atoms with Crippen LogP contribution >= 0.6 is 11.6 Å². The third-order valence-electron chi connectivity index (χ3n) is 6.31. The highest BCUT2D eigenvalue weighted by Crippen LogP contribution is 2.40. The highest BCUT2D eigenvalue weighted by molar-refractivity contribution is 6.30. The molecule has 3 heterocycles. The average molecular weight is 484 g/mol. The van der Waals surface area contributed by atoms with Gasteiger partial charge in [-0.05, 0) is 69.7 Å². The summed E-state index contributed by atoms with van der Waals surface area (Å²) < 4.78 is 33.7. The molecule has 5 nitrogen and oxygen atoms in total. The van der Waals surface area contributed by atoms with Gasteiger partial charge in [0.2, 0.25) is 5.89 Å². The van der Waals surface area contributed by atoms with E-state index in [0.717, 1.165) is 36.6 Å². The van der Waals surface area contributed by atoms with Crippen molar-refractivity contribution < 1.29 is 13.2 Å². The summed E-state index contributed by atoms with van der Waals surface area (Å²) in [5, 5.41) is 18.0. The standard InChI is InChI=1S/C26H24ClF2N3O2/c1-15-11-18(27)12-16(2)24(15)32(33)10-4-5-17(14-32)23-25(20-8-7-19(28)13-21(20)29)34-26(31-23)22-6-3-9-30-22/h4-5,7-8,11-14,22,30H,3,6,9-10H2,1-2H3. The summed E-state index contributed by atoms with van der Waals surface area (Å²) in [5.74, 6) is -0.833. The Morgan fingerprint density at radius 1 is 1.18 bits per heavy atom. The minimum Gasteiger partial charge on any atom is -0.622 e. The average Bonchev–Trinajstić information content (AvgIpc) is 3.43. The molecule has 176 valence electrons. The molecule has 0 radical (unpaired) electrons. The summed E-state index contributed by atoms with van der Waals surface area (Å²) in [7, 11) is 0. The van der Waals surface area contributed by atoms with Crippen LogP contribution in [0.3, 0.4) is 0 Å². The Hall–Kier alpha value is -2.84. The number of oxazole rings is 1. The lowest BCUT2D eigenvalue weighted by Gasteiger charge is -2.41. The van der Waals surface area contributed by atoms with E-state index < -0.39 is 16.3 Å². The molecule has 0 spiro atoms.